The second-order valence-corrected chi connectivity index (χ2v) is 13.6. The minimum absolute atomic E-state index is 0.505. The Bertz CT molecular complexity index is 2270. The van der Waals surface area contributed by atoms with Crippen LogP contribution in [0.5, 0.6) is 0 Å². The smallest absolute Gasteiger partial charge is 0.0897 e. The first kappa shape index (κ1) is 27.4. The van der Waals surface area contributed by atoms with Crippen LogP contribution in [0.3, 0.4) is 0 Å². The average molecular weight is 611 g/mol. The third-order valence-electron chi connectivity index (χ3n) is 11.0. The number of nitrogen functional groups attached to an aromatic ring is 2. The van der Waals surface area contributed by atoms with Crippen molar-refractivity contribution in [3.8, 4) is 0 Å². The van der Waals surface area contributed by atoms with Crippen molar-refractivity contribution in [3.63, 3.8) is 0 Å². The summed E-state index contributed by atoms with van der Waals surface area (Å²) in [4.78, 5) is 8.99. The van der Waals surface area contributed by atoms with Gasteiger partial charge < -0.3 is 41.3 Å². The van der Waals surface area contributed by atoms with Crippen LogP contribution in [0.4, 0.5) is 34.1 Å². The lowest BCUT2D eigenvalue weighted by atomic mass is 9.60. The van der Waals surface area contributed by atoms with E-state index in [1.807, 2.05) is 24.3 Å². The third-order valence-corrected chi connectivity index (χ3v) is 11.0. The predicted octanol–water partition coefficient (Wildman–Crippen LogP) is 5.75. The van der Waals surface area contributed by atoms with Gasteiger partial charge in [-0.2, -0.15) is 0 Å². The molecule has 232 valence electrons. The van der Waals surface area contributed by atoms with Crippen LogP contribution in [0, 0.1) is 0 Å². The summed E-state index contributed by atoms with van der Waals surface area (Å²) in [6.07, 6.45) is -1.74. The standard InChI is InChI=1S/C38H38N6O2/c1-41-17-43(3)35-20-10-6-5-9-19(20)27(21-11-8-14-25(41)29(21)35)33-37(45)34(38(33)46)32-28-22(12-7-13-23(28)39)36-31-26(42(2)18-44(36)4)16-15-24(40)30(31)32/h5-16,33-34,37-38,45-46H,17-18,39-40H2,1-4H3. The summed E-state index contributed by atoms with van der Waals surface area (Å²) in [5.41, 5.74) is 21.2. The van der Waals surface area contributed by atoms with E-state index in [4.69, 9.17) is 11.5 Å². The molecule has 1 fully saturated rings. The average Bonchev–Trinajstić information content (AvgIpc) is 3.03. The molecule has 0 saturated heterocycles. The van der Waals surface area contributed by atoms with E-state index in [2.05, 4.69) is 96.3 Å². The minimum atomic E-state index is -0.868. The Morgan fingerprint density at radius 1 is 0.500 bits per heavy atom. The van der Waals surface area contributed by atoms with Gasteiger partial charge in [0.1, 0.15) is 0 Å². The van der Waals surface area contributed by atoms with Gasteiger partial charge >= 0.3 is 0 Å². The maximum absolute atomic E-state index is 12.4. The topological polar surface area (TPSA) is 105 Å². The Kier molecular flexibility index (Phi) is 5.55. The third kappa shape index (κ3) is 3.30. The van der Waals surface area contributed by atoms with Gasteiger partial charge in [0.15, 0.2) is 0 Å². The van der Waals surface area contributed by atoms with Crippen molar-refractivity contribution < 1.29 is 10.2 Å². The molecule has 0 spiro atoms. The Balaban J connectivity index is 1.32. The summed E-state index contributed by atoms with van der Waals surface area (Å²) < 4.78 is 0. The second kappa shape index (κ2) is 9.31. The number of benzene rings is 6. The van der Waals surface area contributed by atoms with Crippen molar-refractivity contribution >= 4 is 77.2 Å². The van der Waals surface area contributed by atoms with Gasteiger partial charge in [0.25, 0.3) is 0 Å². The number of anilines is 6. The lowest BCUT2D eigenvalue weighted by Gasteiger charge is -2.49. The first-order valence-electron chi connectivity index (χ1n) is 15.9. The number of aliphatic hydroxyl groups is 2. The molecular formula is C38H38N6O2. The van der Waals surface area contributed by atoms with Gasteiger partial charge in [-0.25, -0.2) is 0 Å². The molecule has 0 amide bonds. The molecule has 8 nitrogen and oxygen atoms in total. The minimum Gasteiger partial charge on any atom is -0.398 e. The Labute approximate surface area is 267 Å². The van der Waals surface area contributed by atoms with Crippen LogP contribution in [-0.4, -0.2) is 63.9 Å². The highest BCUT2D eigenvalue weighted by molar-refractivity contribution is 6.24. The quantitative estimate of drug-likeness (QED) is 0.145. The summed E-state index contributed by atoms with van der Waals surface area (Å²) in [7, 11) is 8.40. The first-order chi connectivity index (χ1) is 22.2. The molecule has 8 heteroatoms. The van der Waals surface area contributed by atoms with Crippen molar-refractivity contribution in [2.75, 3.05) is 72.6 Å². The molecule has 2 heterocycles. The number of nitrogens with zero attached hydrogens (tertiary/aromatic N) is 4. The first-order valence-corrected chi connectivity index (χ1v) is 15.9. The van der Waals surface area contributed by atoms with Crippen molar-refractivity contribution in [3.05, 3.63) is 83.9 Å². The fourth-order valence-corrected chi connectivity index (χ4v) is 9.12. The number of aliphatic hydroxyl groups excluding tert-OH is 2. The predicted molar refractivity (Wildman–Crippen MR) is 193 cm³/mol. The molecular weight excluding hydrogens is 572 g/mol. The van der Waals surface area contributed by atoms with Crippen LogP contribution in [0.1, 0.15) is 23.0 Å². The molecule has 3 aliphatic rings. The molecule has 2 aliphatic heterocycles. The molecule has 2 unspecified atom stereocenters. The van der Waals surface area contributed by atoms with E-state index < -0.39 is 24.0 Å². The fourth-order valence-electron chi connectivity index (χ4n) is 9.12. The van der Waals surface area contributed by atoms with E-state index in [0.717, 1.165) is 77.9 Å². The van der Waals surface area contributed by atoms with Crippen molar-refractivity contribution in [1.82, 2.24) is 0 Å². The highest BCUT2D eigenvalue weighted by atomic mass is 16.3. The number of nitrogens with two attached hydrogens (primary N) is 2. The summed E-state index contributed by atoms with van der Waals surface area (Å²) in [5, 5.41) is 33.0. The van der Waals surface area contributed by atoms with Crippen LogP contribution in [0.25, 0.3) is 43.1 Å². The lowest BCUT2D eigenvalue weighted by molar-refractivity contribution is -0.0765. The van der Waals surface area contributed by atoms with E-state index in [1.165, 1.54) is 5.69 Å². The highest BCUT2D eigenvalue weighted by Gasteiger charge is 2.53. The largest absolute Gasteiger partial charge is 0.398 e. The van der Waals surface area contributed by atoms with Crippen LogP contribution >= 0.6 is 0 Å². The van der Waals surface area contributed by atoms with Crippen LogP contribution < -0.4 is 31.1 Å². The van der Waals surface area contributed by atoms with Gasteiger partial charge in [0.2, 0.25) is 0 Å². The highest BCUT2D eigenvalue weighted by Crippen LogP contribution is 2.59. The lowest BCUT2D eigenvalue weighted by Crippen LogP contribution is -2.52. The van der Waals surface area contributed by atoms with Crippen LogP contribution in [-0.2, 0) is 0 Å². The molecule has 6 aromatic rings. The number of hydrogen-bond acceptors (Lipinski definition) is 8. The van der Waals surface area contributed by atoms with Gasteiger partial charge in [0.05, 0.1) is 36.9 Å². The van der Waals surface area contributed by atoms with Gasteiger partial charge in [-0.05, 0) is 46.2 Å². The zero-order valence-electron chi connectivity index (χ0n) is 26.5. The number of hydrogen-bond donors (Lipinski definition) is 4. The maximum atomic E-state index is 12.4. The normalized spacial score (nSPS) is 22.4. The van der Waals surface area contributed by atoms with Crippen molar-refractivity contribution in [2.45, 2.75) is 24.0 Å². The SMILES string of the molecule is CN1CN(C)c2c3ccccc3c(C3C(O)C(c4c5c(N)cccc5c5c6c(ccc(N)c46)N(C)CN5C)C3O)c3cccc1c23. The molecule has 1 saturated carbocycles. The summed E-state index contributed by atoms with van der Waals surface area (Å²) in [6.45, 7) is 1.49. The number of fused-ring (bicyclic) bond motifs is 4. The Morgan fingerprint density at radius 3 is 1.76 bits per heavy atom. The van der Waals surface area contributed by atoms with E-state index in [-0.39, 0.29) is 0 Å². The van der Waals surface area contributed by atoms with Gasteiger partial charge in [-0.15, -0.1) is 0 Å². The molecule has 6 aromatic carbocycles. The summed E-state index contributed by atoms with van der Waals surface area (Å²) >= 11 is 0. The van der Waals surface area contributed by atoms with E-state index in [9.17, 15) is 10.2 Å². The molecule has 6 N–H and O–H groups in total. The van der Waals surface area contributed by atoms with Crippen LogP contribution in [0.2, 0.25) is 0 Å². The maximum Gasteiger partial charge on any atom is 0.0897 e. The van der Waals surface area contributed by atoms with Gasteiger partial charge in [-0.1, -0.05) is 48.5 Å². The van der Waals surface area contributed by atoms with Gasteiger partial charge in [0, 0.05) is 95.1 Å². The zero-order chi connectivity index (χ0) is 31.8. The monoisotopic (exact) mass is 610 g/mol. The second-order valence-electron chi connectivity index (χ2n) is 13.6. The Hall–Kier alpha value is -4.92. The molecule has 9 rings (SSSR count). The molecule has 1 aliphatic carbocycles. The van der Waals surface area contributed by atoms with Crippen LogP contribution in [0.15, 0.2) is 72.8 Å². The molecule has 0 radical (unpaired) electrons. The Morgan fingerprint density at radius 2 is 1.04 bits per heavy atom. The van der Waals surface area contributed by atoms with Gasteiger partial charge in [-0.3, -0.25) is 0 Å². The summed E-state index contributed by atoms with van der Waals surface area (Å²) in [5.74, 6) is -1.09. The molecule has 0 aromatic heterocycles. The zero-order valence-corrected chi connectivity index (χ0v) is 26.5. The van der Waals surface area contributed by atoms with Crippen molar-refractivity contribution in [2.24, 2.45) is 0 Å². The van der Waals surface area contributed by atoms with E-state index in [0.29, 0.717) is 18.0 Å². The molecule has 2 atom stereocenters. The molecule has 0 bridgehead atoms. The summed E-state index contributed by atoms with van der Waals surface area (Å²) in [6, 6.07) is 24.8. The van der Waals surface area contributed by atoms with E-state index >= 15 is 0 Å². The van der Waals surface area contributed by atoms with E-state index in [1.54, 1.807) is 0 Å². The fraction of sp³-hybridized carbons (Fsp3) is 0.263. The number of rotatable bonds is 2. The van der Waals surface area contributed by atoms with Crippen molar-refractivity contribution in [1.29, 1.82) is 0 Å². The molecule has 46 heavy (non-hydrogen) atoms.